The van der Waals surface area contributed by atoms with E-state index in [1.54, 1.807) is 24.3 Å². The molecule has 1 atom stereocenters. The first-order valence-electron chi connectivity index (χ1n) is 11.3. The van der Waals surface area contributed by atoms with E-state index < -0.39 is 34.5 Å². The Balaban J connectivity index is 1.51. The number of sulfonamides is 1. The molecule has 0 saturated carbocycles. The molecule has 3 aromatic carbocycles. The van der Waals surface area contributed by atoms with Crippen LogP contribution in [0.5, 0.6) is 11.5 Å². The number of methoxy groups -OCH3 is 1. The number of nitrogen functional groups attached to an aromatic ring is 1. The first-order chi connectivity index (χ1) is 17.6. The number of carboxylic acids is 1. The van der Waals surface area contributed by atoms with E-state index in [1.807, 2.05) is 6.07 Å². The predicted octanol–water partition coefficient (Wildman–Crippen LogP) is 1.68. The normalized spacial score (nSPS) is 15.6. The summed E-state index contributed by atoms with van der Waals surface area (Å²) in [6.07, 6.45) is 0.247. The number of likely N-dealkylation sites (tertiary alicyclic amines) is 1. The summed E-state index contributed by atoms with van der Waals surface area (Å²) < 4.78 is 39.2. The molecule has 1 amide bonds. The zero-order chi connectivity index (χ0) is 26.7. The maximum absolute atomic E-state index is 13.1. The molecule has 1 saturated heterocycles. The van der Waals surface area contributed by atoms with Gasteiger partial charge in [-0.05, 0) is 59.7 Å². The molecule has 3 aromatic rings. The maximum atomic E-state index is 13.1. The van der Waals surface area contributed by atoms with E-state index in [0.29, 0.717) is 22.3 Å². The molecule has 0 bridgehead atoms. The van der Waals surface area contributed by atoms with Gasteiger partial charge in [0.05, 0.1) is 12.0 Å². The molecule has 37 heavy (non-hydrogen) atoms. The molecular formula is C25H26N4O7S. The SMILES string of the molecule is COc1ccc2ccc(S(=O)(=O)N[C@H]3CCN(Cc4cc(C(=N)N)ccc4OCC(=O)O)C3=O)cc2c1. The summed E-state index contributed by atoms with van der Waals surface area (Å²) in [4.78, 5) is 25.5. The van der Waals surface area contributed by atoms with Gasteiger partial charge in [0.1, 0.15) is 23.4 Å². The third-order valence-electron chi connectivity index (χ3n) is 6.01. The van der Waals surface area contributed by atoms with Crippen LogP contribution in [0.4, 0.5) is 0 Å². The molecule has 194 valence electrons. The highest BCUT2D eigenvalue weighted by molar-refractivity contribution is 7.89. The number of nitrogens with zero attached hydrogens (tertiary/aromatic N) is 1. The number of aliphatic carboxylic acids is 1. The highest BCUT2D eigenvalue weighted by atomic mass is 32.2. The molecule has 0 unspecified atom stereocenters. The summed E-state index contributed by atoms with van der Waals surface area (Å²) in [7, 11) is -2.47. The first kappa shape index (κ1) is 25.9. The molecule has 0 aromatic heterocycles. The minimum Gasteiger partial charge on any atom is -0.497 e. The van der Waals surface area contributed by atoms with Crippen LogP contribution in [0.25, 0.3) is 10.8 Å². The minimum absolute atomic E-state index is 0.0259. The molecule has 5 N–H and O–H groups in total. The van der Waals surface area contributed by atoms with Crippen LogP contribution in [0.1, 0.15) is 17.5 Å². The zero-order valence-electron chi connectivity index (χ0n) is 19.9. The smallest absolute Gasteiger partial charge is 0.341 e. The van der Waals surface area contributed by atoms with Gasteiger partial charge in [-0.15, -0.1) is 0 Å². The van der Waals surface area contributed by atoms with Crippen LogP contribution in [0.3, 0.4) is 0 Å². The predicted molar refractivity (Wildman–Crippen MR) is 135 cm³/mol. The molecule has 1 aliphatic rings. The Kier molecular flexibility index (Phi) is 7.32. The quantitative estimate of drug-likeness (QED) is 0.228. The lowest BCUT2D eigenvalue weighted by atomic mass is 10.1. The number of nitrogens with one attached hydrogen (secondary N) is 2. The van der Waals surface area contributed by atoms with Gasteiger partial charge in [0, 0.05) is 24.2 Å². The average molecular weight is 527 g/mol. The van der Waals surface area contributed by atoms with Gasteiger partial charge in [0.15, 0.2) is 6.61 Å². The molecule has 12 heteroatoms. The number of nitrogens with two attached hydrogens (primary N) is 1. The van der Waals surface area contributed by atoms with Crippen LogP contribution >= 0.6 is 0 Å². The number of rotatable bonds is 10. The molecule has 1 heterocycles. The van der Waals surface area contributed by atoms with Crippen molar-refractivity contribution in [2.75, 3.05) is 20.3 Å². The number of ether oxygens (including phenoxy) is 2. The van der Waals surface area contributed by atoms with E-state index in [9.17, 15) is 18.0 Å². The van der Waals surface area contributed by atoms with E-state index in [0.717, 1.165) is 5.39 Å². The van der Waals surface area contributed by atoms with Gasteiger partial charge < -0.3 is 25.2 Å². The van der Waals surface area contributed by atoms with Crippen LogP contribution in [0, 0.1) is 5.41 Å². The van der Waals surface area contributed by atoms with Gasteiger partial charge >= 0.3 is 5.97 Å². The lowest BCUT2D eigenvalue weighted by molar-refractivity contribution is -0.139. The average Bonchev–Trinajstić information content (AvgIpc) is 3.20. The Bertz CT molecular complexity index is 1490. The van der Waals surface area contributed by atoms with Crippen molar-refractivity contribution in [2.45, 2.75) is 23.9 Å². The van der Waals surface area contributed by atoms with Crippen LogP contribution in [-0.4, -0.2) is 62.4 Å². The highest BCUT2D eigenvalue weighted by Crippen LogP contribution is 2.27. The number of carbonyl (C=O) groups excluding carboxylic acids is 1. The van der Waals surface area contributed by atoms with E-state index >= 15 is 0 Å². The zero-order valence-corrected chi connectivity index (χ0v) is 20.7. The molecule has 1 fully saturated rings. The molecule has 0 spiro atoms. The number of fused-ring (bicyclic) bond motifs is 1. The van der Waals surface area contributed by atoms with Gasteiger partial charge in [-0.25, -0.2) is 13.2 Å². The number of hydrogen-bond donors (Lipinski definition) is 4. The Labute approximate surface area is 213 Å². The molecule has 1 aliphatic heterocycles. The summed E-state index contributed by atoms with van der Waals surface area (Å²) in [6, 6.07) is 13.6. The summed E-state index contributed by atoms with van der Waals surface area (Å²) in [6.45, 7) is -0.285. The maximum Gasteiger partial charge on any atom is 0.341 e. The number of carbonyl (C=O) groups is 2. The molecule has 0 radical (unpaired) electrons. The third-order valence-corrected chi connectivity index (χ3v) is 7.48. The standard InChI is InChI=1S/C25H26N4O7S/c1-35-19-5-2-15-3-6-20(12-17(15)11-19)37(33,34)28-21-8-9-29(25(21)32)13-18-10-16(24(26)27)4-7-22(18)36-14-23(30)31/h2-7,10-12,21,28H,8-9,13-14H2,1H3,(H3,26,27)(H,30,31)/t21-/m0/s1. The largest absolute Gasteiger partial charge is 0.497 e. The molecule has 4 rings (SSSR count). The fraction of sp³-hybridized carbons (Fsp3) is 0.240. The van der Waals surface area contributed by atoms with E-state index in [1.165, 1.54) is 36.3 Å². The van der Waals surface area contributed by atoms with Crippen LogP contribution in [0.15, 0.2) is 59.5 Å². The van der Waals surface area contributed by atoms with Crippen LogP contribution in [-0.2, 0) is 26.2 Å². The second-order valence-corrected chi connectivity index (χ2v) is 10.2. The second-order valence-electron chi connectivity index (χ2n) is 8.52. The number of hydrogen-bond acceptors (Lipinski definition) is 7. The van der Waals surface area contributed by atoms with Crippen LogP contribution < -0.4 is 19.9 Å². The van der Waals surface area contributed by atoms with Gasteiger partial charge in [0.25, 0.3) is 0 Å². The Morgan fingerprint density at radius 1 is 1.16 bits per heavy atom. The lowest BCUT2D eigenvalue weighted by Crippen LogP contribution is -2.41. The number of amides is 1. The third kappa shape index (κ3) is 5.81. The number of benzene rings is 3. The van der Waals surface area contributed by atoms with Crippen molar-refractivity contribution in [2.24, 2.45) is 5.73 Å². The van der Waals surface area contributed by atoms with Crippen molar-refractivity contribution in [3.63, 3.8) is 0 Å². The first-order valence-corrected chi connectivity index (χ1v) is 12.8. The van der Waals surface area contributed by atoms with Crippen molar-refractivity contribution in [1.82, 2.24) is 9.62 Å². The fourth-order valence-corrected chi connectivity index (χ4v) is 5.37. The minimum atomic E-state index is -4.00. The van der Waals surface area contributed by atoms with Gasteiger partial charge in [-0.3, -0.25) is 10.2 Å². The highest BCUT2D eigenvalue weighted by Gasteiger charge is 2.35. The van der Waals surface area contributed by atoms with Gasteiger partial charge in [0.2, 0.25) is 15.9 Å². The van der Waals surface area contributed by atoms with Gasteiger partial charge in [-0.1, -0.05) is 12.1 Å². The van der Waals surface area contributed by atoms with Crippen molar-refractivity contribution in [1.29, 1.82) is 5.41 Å². The van der Waals surface area contributed by atoms with Crippen molar-refractivity contribution < 1.29 is 32.6 Å². The van der Waals surface area contributed by atoms with E-state index in [2.05, 4.69) is 4.72 Å². The topological polar surface area (TPSA) is 172 Å². The molecule has 11 nitrogen and oxygen atoms in total. The van der Waals surface area contributed by atoms with E-state index in [4.69, 9.17) is 25.7 Å². The summed E-state index contributed by atoms with van der Waals surface area (Å²) in [5.41, 5.74) is 6.41. The summed E-state index contributed by atoms with van der Waals surface area (Å²) >= 11 is 0. The van der Waals surface area contributed by atoms with E-state index in [-0.39, 0.29) is 36.0 Å². The molecular weight excluding hydrogens is 500 g/mol. The monoisotopic (exact) mass is 526 g/mol. The van der Waals surface area contributed by atoms with Crippen LogP contribution in [0.2, 0.25) is 0 Å². The Morgan fingerprint density at radius 3 is 2.62 bits per heavy atom. The van der Waals surface area contributed by atoms with Crippen molar-refractivity contribution in [3.05, 3.63) is 65.7 Å². The van der Waals surface area contributed by atoms with Crippen molar-refractivity contribution >= 4 is 38.5 Å². The Morgan fingerprint density at radius 2 is 1.92 bits per heavy atom. The lowest BCUT2D eigenvalue weighted by Gasteiger charge is -2.20. The summed E-state index contributed by atoms with van der Waals surface area (Å²) in [5.74, 6) is -0.964. The Hall–Kier alpha value is -4.16. The second kappa shape index (κ2) is 10.4. The number of carboxylic acid groups (broad SMARTS) is 1. The molecule has 0 aliphatic carbocycles. The number of amidine groups is 1. The van der Waals surface area contributed by atoms with Gasteiger partial charge in [-0.2, -0.15) is 4.72 Å². The summed E-state index contributed by atoms with van der Waals surface area (Å²) in [5, 5.41) is 18.1. The fourth-order valence-electron chi connectivity index (χ4n) is 4.11. The van der Waals surface area contributed by atoms with Crippen molar-refractivity contribution in [3.8, 4) is 11.5 Å².